The van der Waals surface area contributed by atoms with Crippen LogP contribution in [0.15, 0.2) is 12.3 Å². The molecule has 2 aromatic rings. The van der Waals surface area contributed by atoms with Crippen molar-refractivity contribution in [3.8, 4) is 0 Å². The normalized spacial score (nSPS) is 10.8. The van der Waals surface area contributed by atoms with Gasteiger partial charge in [0.15, 0.2) is 5.13 Å². The lowest BCUT2D eigenvalue weighted by Crippen LogP contribution is -2.16. The Labute approximate surface area is 122 Å². The summed E-state index contributed by atoms with van der Waals surface area (Å²) in [4.78, 5) is 17.9. The Morgan fingerprint density at radius 2 is 2.25 bits per heavy atom. The Morgan fingerprint density at radius 1 is 1.50 bits per heavy atom. The van der Waals surface area contributed by atoms with Gasteiger partial charge in [0.25, 0.3) is 5.91 Å². The van der Waals surface area contributed by atoms with E-state index in [2.05, 4.69) is 24.1 Å². The highest BCUT2D eigenvalue weighted by Gasteiger charge is 2.15. The van der Waals surface area contributed by atoms with Gasteiger partial charge in [0.2, 0.25) is 0 Å². The third-order valence-electron chi connectivity index (χ3n) is 3.06. The molecule has 2 rings (SSSR count). The van der Waals surface area contributed by atoms with Crippen molar-refractivity contribution in [2.45, 2.75) is 40.2 Å². The molecule has 1 amide bonds. The number of amides is 1. The predicted molar refractivity (Wildman–Crippen MR) is 83.3 cm³/mol. The number of hydrogen-bond acceptors (Lipinski definition) is 4. The summed E-state index contributed by atoms with van der Waals surface area (Å²) < 4.78 is 1.88. The summed E-state index contributed by atoms with van der Waals surface area (Å²) in [6.45, 7) is 6.91. The van der Waals surface area contributed by atoms with E-state index in [4.69, 9.17) is 5.73 Å². The van der Waals surface area contributed by atoms with E-state index >= 15 is 0 Å². The Balaban J connectivity index is 2.19. The highest BCUT2D eigenvalue weighted by Crippen LogP contribution is 2.23. The molecule has 0 radical (unpaired) electrons. The summed E-state index contributed by atoms with van der Waals surface area (Å²) in [5.74, 6) is -0.161. The van der Waals surface area contributed by atoms with E-state index in [1.165, 1.54) is 11.3 Å². The van der Waals surface area contributed by atoms with Gasteiger partial charge in [-0.2, -0.15) is 0 Å². The van der Waals surface area contributed by atoms with Crippen LogP contribution in [0.1, 0.15) is 41.3 Å². The lowest BCUT2D eigenvalue weighted by molar-refractivity contribution is 0.101. The van der Waals surface area contributed by atoms with Gasteiger partial charge in [-0.1, -0.05) is 13.8 Å². The standard InChI is InChI=1S/C14H20N4OS/c1-4-6-18-8-10(15)7-12(18)13(19)17-14-16-11(5-2)9(3)20-14/h7-8H,4-6,15H2,1-3H3,(H,16,17,19). The van der Waals surface area contributed by atoms with Crippen LogP contribution in [0.3, 0.4) is 0 Å². The molecule has 0 fully saturated rings. The third kappa shape index (κ3) is 3.01. The molecule has 0 spiro atoms. The molecule has 0 aliphatic carbocycles. The number of aromatic nitrogens is 2. The quantitative estimate of drug-likeness (QED) is 0.889. The number of thiazole rings is 1. The average Bonchev–Trinajstić information content (AvgIpc) is 2.93. The van der Waals surface area contributed by atoms with Crippen molar-refractivity contribution in [2.75, 3.05) is 11.1 Å². The molecule has 0 bridgehead atoms. The second-order valence-electron chi connectivity index (χ2n) is 4.68. The van der Waals surface area contributed by atoms with E-state index in [9.17, 15) is 4.79 Å². The fourth-order valence-electron chi connectivity index (χ4n) is 2.12. The molecule has 5 nitrogen and oxygen atoms in total. The molecule has 0 aromatic carbocycles. The van der Waals surface area contributed by atoms with E-state index in [1.807, 2.05) is 11.5 Å². The topological polar surface area (TPSA) is 72.9 Å². The van der Waals surface area contributed by atoms with Crippen molar-refractivity contribution >= 4 is 28.1 Å². The van der Waals surface area contributed by atoms with Crippen LogP contribution in [0, 0.1) is 6.92 Å². The van der Waals surface area contributed by atoms with Gasteiger partial charge in [-0.05, 0) is 25.8 Å². The van der Waals surface area contributed by atoms with Gasteiger partial charge in [0.1, 0.15) is 5.69 Å². The van der Waals surface area contributed by atoms with Crippen LogP contribution in [0.4, 0.5) is 10.8 Å². The van der Waals surface area contributed by atoms with Gasteiger partial charge in [0, 0.05) is 17.6 Å². The van der Waals surface area contributed by atoms with Crippen molar-refractivity contribution in [3.63, 3.8) is 0 Å². The van der Waals surface area contributed by atoms with Crippen molar-refractivity contribution in [1.82, 2.24) is 9.55 Å². The highest BCUT2D eigenvalue weighted by molar-refractivity contribution is 7.15. The number of carbonyl (C=O) groups excluding carboxylic acids is 1. The molecule has 3 N–H and O–H groups in total. The van der Waals surface area contributed by atoms with Crippen LogP contribution < -0.4 is 11.1 Å². The van der Waals surface area contributed by atoms with Crippen LogP contribution in [-0.4, -0.2) is 15.5 Å². The van der Waals surface area contributed by atoms with Crippen molar-refractivity contribution < 1.29 is 4.79 Å². The lowest BCUT2D eigenvalue weighted by Gasteiger charge is -2.06. The number of nitrogens with one attached hydrogen (secondary N) is 1. The Kier molecular flexibility index (Phi) is 4.44. The van der Waals surface area contributed by atoms with Crippen molar-refractivity contribution in [3.05, 3.63) is 28.5 Å². The molecule has 20 heavy (non-hydrogen) atoms. The molecular formula is C14H20N4OS. The molecule has 0 atom stereocenters. The first-order valence-electron chi connectivity index (χ1n) is 6.78. The third-order valence-corrected chi connectivity index (χ3v) is 3.99. The van der Waals surface area contributed by atoms with Gasteiger partial charge in [-0.3, -0.25) is 10.1 Å². The monoisotopic (exact) mass is 292 g/mol. The van der Waals surface area contributed by atoms with Crippen LogP contribution in [0.5, 0.6) is 0 Å². The first-order valence-corrected chi connectivity index (χ1v) is 7.60. The predicted octanol–water partition coefficient (Wildman–Crippen LogP) is 3.06. The van der Waals surface area contributed by atoms with Crippen LogP contribution >= 0.6 is 11.3 Å². The van der Waals surface area contributed by atoms with E-state index in [-0.39, 0.29) is 5.91 Å². The van der Waals surface area contributed by atoms with Crippen LogP contribution in [0.2, 0.25) is 0 Å². The Hall–Kier alpha value is -1.82. The summed E-state index contributed by atoms with van der Waals surface area (Å²) in [5.41, 5.74) is 8.00. The largest absolute Gasteiger partial charge is 0.397 e. The second-order valence-corrected chi connectivity index (χ2v) is 5.88. The number of anilines is 2. The Morgan fingerprint density at radius 3 is 2.85 bits per heavy atom. The summed E-state index contributed by atoms with van der Waals surface area (Å²) >= 11 is 1.50. The van der Waals surface area contributed by atoms with Crippen molar-refractivity contribution in [2.24, 2.45) is 0 Å². The fraction of sp³-hybridized carbons (Fsp3) is 0.429. The minimum absolute atomic E-state index is 0.161. The molecular weight excluding hydrogens is 272 g/mol. The van der Waals surface area contributed by atoms with Gasteiger partial charge in [-0.25, -0.2) is 4.98 Å². The first-order chi connectivity index (χ1) is 9.55. The molecule has 2 heterocycles. The zero-order chi connectivity index (χ0) is 14.7. The number of carbonyl (C=O) groups is 1. The minimum Gasteiger partial charge on any atom is -0.397 e. The molecule has 0 aliphatic rings. The van der Waals surface area contributed by atoms with E-state index < -0.39 is 0 Å². The summed E-state index contributed by atoms with van der Waals surface area (Å²) in [5, 5.41) is 3.50. The minimum atomic E-state index is -0.161. The number of nitrogen functional groups attached to an aromatic ring is 1. The second kappa shape index (κ2) is 6.09. The SMILES string of the molecule is CCCn1cc(N)cc1C(=O)Nc1nc(CC)c(C)s1. The van der Waals surface area contributed by atoms with E-state index in [0.717, 1.165) is 30.0 Å². The van der Waals surface area contributed by atoms with Crippen molar-refractivity contribution in [1.29, 1.82) is 0 Å². The number of rotatable bonds is 5. The summed E-state index contributed by atoms with van der Waals surface area (Å²) in [6.07, 6.45) is 3.62. The van der Waals surface area contributed by atoms with Gasteiger partial charge < -0.3 is 10.3 Å². The number of nitrogens with zero attached hydrogens (tertiary/aromatic N) is 2. The van der Waals surface area contributed by atoms with E-state index in [1.54, 1.807) is 12.3 Å². The van der Waals surface area contributed by atoms with Gasteiger partial charge >= 0.3 is 0 Å². The number of aryl methyl sites for hydroxylation is 3. The average molecular weight is 292 g/mol. The zero-order valence-electron chi connectivity index (χ0n) is 12.1. The molecule has 0 saturated heterocycles. The smallest absolute Gasteiger partial charge is 0.274 e. The van der Waals surface area contributed by atoms with Crippen LogP contribution in [0.25, 0.3) is 0 Å². The molecule has 0 unspecified atom stereocenters. The molecule has 2 aromatic heterocycles. The Bertz CT molecular complexity index is 615. The van der Waals surface area contributed by atoms with Crippen LogP contribution in [-0.2, 0) is 13.0 Å². The number of nitrogens with two attached hydrogens (primary N) is 1. The maximum absolute atomic E-state index is 12.3. The molecule has 0 saturated carbocycles. The zero-order valence-corrected chi connectivity index (χ0v) is 12.9. The number of hydrogen-bond donors (Lipinski definition) is 2. The molecule has 108 valence electrons. The summed E-state index contributed by atoms with van der Waals surface area (Å²) in [6, 6.07) is 1.70. The highest BCUT2D eigenvalue weighted by atomic mass is 32.1. The molecule has 6 heteroatoms. The van der Waals surface area contributed by atoms with Gasteiger partial charge in [0.05, 0.1) is 11.4 Å². The lowest BCUT2D eigenvalue weighted by atomic mass is 10.3. The summed E-state index contributed by atoms with van der Waals surface area (Å²) in [7, 11) is 0. The fourth-order valence-corrected chi connectivity index (χ4v) is 3.02. The molecule has 0 aliphatic heterocycles. The maximum Gasteiger partial charge on any atom is 0.274 e. The first kappa shape index (κ1) is 14.6. The van der Waals surface area contributed by atoms with E-state index in [0.29, 0.717) is 16.5 Å². The van der Waals surface area contributed by atoms with Gasteiger partial charge in [-0.15, -0.1) is 11.3 Å². The maximum atomic E-state index is 12.3.